The standard InChI is InChI=1S/C32H42F2N6O3/c1-4-14-43-39-12-10-37(11-13-39)26-16-40-24(26)7-5-6-23-25(40)15-27(36-30(23)31(33)34)38-19-32(20-38)28-21(2)8-9-35-29(28)22(17-41-3)18-42-32/h4,8-9,15,22,24,26,31H,1,5-7,10-14,16-20H2,2-3H3. The van der Waals surface area contributed by atoms with E-state index in [9.17, 15) is 8.78 Å². The number of pyridine rings is 2. The van der Waals surface area contributed by atoms with Crippen LogP contribution < -0.4 is 9.80 Å². The number of anilines is 2. The number of halogens is 2. The van der Waals surface area contributed by atoms with Crippen molar-refractivity contribution in [2.24, 2.45) is 0 Å². The molecule has 0 amide bonds. The zero-order valence-corrected chi connectivity index (χ0v) is 25.2. The van der Waals surface area contributed by atoms with E-state index in [1.54, 1.807) is 13.2 Å². The van der Waals surface area contributed by atoms with Crippen molar-refractivity contribution in [2.75, 3.05) is 82.5 Å². The summed E-state index contributed by atoms with van der Waals surface area (Å²) in [4.78, 5) is 22.1. The topological polar surface area (TPSA) is 66.4 Å². The molecule has 1 spiro atoms. The summed E-state index contributed by atoms with van der Waals surface area (Å²) in [6.45, 7) is 13.0. The van der Waals surface area contributed by atoms with E-state index in [1.165, 1.54) is 0 Å². The molecule has 7 heterocycles. The number of hydrogen-bond donors (Lipinski definition) is 0. The molecule has 232 valence electrons. The van der Waals surface area contributed by atoms with Crippen molar-refractivity contribution in [1.29, 1.82) is 0 Å². The van der Waals surface area contributed by atoms with Gasteiger partial charge in [-0.3, -0.25) is 14.7 Å². The number of methoxy groups -OCH3 is 1. The molecule has 2 aromatic rings. The number of aryl methyl sites for hydroxylation is 1. The number of piperazine rings is 1. The van der Waals surface area contributed by atoms with Gasteiger partial charge in [-0.2, -0.15) is 5.06 Å². The van der Waals surface area contributed by atoms with Crippen LogP contribution in [0.2, 0.25) is 0 Å². The van der Waals surface area contributed by atoms with Crippen LogP contribution in [0.15, 0.2) is 31.0 Å². The van der Waals surface area contributed by atoms with Gasteiger partial charge in [-0.1, -0.05) is 6.08 Å². The van der Waals surface area contributed by atoms with Crippen LogP contribution in [0.25, 0.3) is 0 Å². The van der Waals surface area contributed by atoms with Gasteiger partial charge in [0.2, 0.25) is 0 Å². The predicted octanol–water partition coefficient (Wildman–Crippen LogP) is 3.83. The lowest BCUT2D eigenvalue weighted by atomic mass is 9.77. The summed E-state index contributed by atoms with van der Waals surface area (Å²) >= 11 is 0. The predicted molar refractivity (Wildman–Crippen MR) is 160 cm³/mol. The number of hydroxylamine groups is 2. The van der Waals surface area contributed by atoms with Gasteiger partial charge in [0.25, 0.3) is 6.43 Å². The Kier molecular flexibility index (Phi) is 7.88. The molecule has 0 saturated carbocycles. The van der Waals surface area contributed by atoms with Crippen molar-refractivity contribution in [3.63, 3.8) is 0 Å². The van der Waals surface area contributed by atoms with Gasteiger partial charge in [-0.15, -0.1) is 6.58 Å². The molecule has 9 nitrogen and oxygen atoms in total. The van der Waals surface area contributed by atoms with Crippen molar-refractivity contribution >= 4 is 11.5 Å². The lowest BCUT2D eigenvalue weighted by molar-refractivity contribution is -0.171. The Labute approximate surface area is 252 Å². The molecular weight excluding hydrogens is 554 g/mol. The minimum atomic E-state index is -2.62. The Morgan fingerprint density at radius 3 is 2.77 bits per heavy atom. The molecule has 43 heavy (non-hydrogen) atoms. The molecule has 11 heteroatoms. The lowest BCUT2D eigenvalue weighted by Crippen LogP contribution is -2.69. The zero-order chi connectivity index (χ0) is 29.7. The molecule has 5 aliphatic rings. The summed E-state index contributed by atoms with van der Waals surface area (Å²) in [5.74, 6) is 0.692. The van der Waals surface area contributed by atoms with E-state index in [4.69, 9.17) is 19.3 Å². The molecule has 0 aliphatic carbocycles. The highest BCUT2D eigenvalue weighted by Crippen LogP contribution is 2.48. The third kappa shape index (κ3) is 5.03. The smallest absolute Gasteiger partial charge is 0.280 e. The molecule has 0 bridgehead atoms. The monoisotopic (exact) mass is 596 g/mol. The highest BCUT2D eigenvalue weighted by molar-refractivity contribution is 5.67. The third-order valence-corrected chi connectivity index (χ3v) is 10.1. The fourth-order valence-corrected chi connectivity index (χ4v) is 7.94. The zero-order valence-electron chi connectivity index (χ0n) is 25.2. The molecule has 3 unspecified atom stereocenters. The normalized spacial score (nSPS) is 26.8. The van der Waals surface area contributed by atoms with E-state index < -0.39 is 12.0 Å². The number of rotatable bonds is 8. The van der Waals surface area contributed by atoms with E-state index in [0.29, 0.717) is 57.2 Å². The molecule has 3 atom stereocenters. The molecule has 0 aromatic carbocycles. The van der Waals surface area contributed by atoms with Crippen molar-refractivity contribution in [3.05, 3.63) is 59.1 Å². The summed E-state index contributed by atoms with van der Waals surface area (Å²) < 4.78 is 41.0. The highest BCUT2D eigenvalue weighted by Gasteiger charge is 2.53. The molecule has 5 aliphatic heterocycles. The fourth-order valence-electron chi connectivity index (χ4n) is 7.94. The second kappa shape index (κ2) is 11.7. The largest absolute Gasteiger partial charge is 0.384 e. The van der Waals surface area contributed by atoms with Gasteiger partial charge in [-0.25, -0.2) is 13.8 Å². The fraction of sp³-hybridized carbons (Fsp3) is 0.625. The molecule has 0 radical (unpaired) electrons. The van der Waals surface area contributed by atoms with Crippen LogP contribution in [0.3, 0.4) is 0 Å². The number of alkyl halides is 2. The third-order valence-electron chi connectivity index (χ3n) is 10.1. The first kappa shape index (κ1) is 29.0. The first-order valence-corrected chi connectivity index (χ1v) is 15.6. The number of nitrogens with zero attached hydrogens (tertiary/aromatic N) is 6. The van der Waals surface area contributed by atoms with Crippen LogP contribution >= 0.6 is 0 Å². The number of ether oxygens (including phenoxy) is 2. The Morgan fingerprint density at radius 2 is 2.02 bits per heavy atom. The van der Waals surface area contributed by atoms with Crippen molar-refractivity contribution in [2.45, 2.75) is 56.2 Å². The number of hydrogen-bond acceptors (Lipinski definition) is 9. The Balaban J connectivity index is 1.12. The van der Waals surface area contributed by atoms with E-state index in [0.717, 1.165) is 73.6 Å². The van der Waals surface area contributed by atoms with Gasteiger partial charge >= 0.3 is 0 Å². The minimum absolute atomic E-state index is 0.0616. The van der Waals surface area contributed by atoms with Crippen molar-refractivity contribution < 1.29 is 23.1 Å². The van der Waals surface area contributed by atoms with Crippen LogP contribution in [0, 0.1) is 6.92 Å². The average Bonchev–Trinajstić information content (AvgIpc) is 3.11. The Hall–Kier alpha value is -2.70. The Bertz CT molecular complexity index is 1350. The van der Waals surface area contributed by atoms with Gasteiger partial charge in [0.05, 0.1) is 38.6 Å². The Morgan fingerprint density at radius 1 is 1.21 bits per heavy atom. The van der Waals surface area contributed by atoms with Crippen LogP contribution in [0.5, 0.6) is 0 Å². The van der Waals surface area contributed by atoms with Crippen molar-refractivity contribution in [3.8, 4) is 0 Å². The quantitative estimate of drug-likeness (QED) is 0.423. The van der Waals surface area contributed by atoms with Gasteiger partial charge < -0.3 is 19.3 Å². The minimum Gasteiger partial charge on any atom is -0.384 e. The van der Waals surface area contributed by atoms with Gasteiger partial charge in [-0.05, 0) is 37.8 Å². The van der Waals surface area contributed by atoms with Crippen molar-refractivity contribution in [1.82, 2.24) is 19.9 Å². The van der Waals surface area contributed by atoms with E-state index in [-0.39, 0.29) is 11.6 Å². The maximum atomic E-state index is 14.5. The second-order valence-electron chi connectivity index (χ2n) is 12.6. The van der Waals surface area contributed by atoms with Gasteiger partial charge in [0, 0.05) is 86.9 Å². The van der Waals surface area contributed by atoms with Gasteiger partial charge in [0.1, 0.15) is 17.1 Å². The summed E-state index contributed by atoms with van der Waals surface area (Å²) in [5.41, 5.74) is 4.36. The number of aromatic nitrogens is 2. The second-order valence-corrected chi connectivity index (χ2v) is 12.6. The lowest BCUT2D eigenvalue weighted by Gasteiger charge is -2.56. The van der Waals surface area contributed by atoms with Crippen LogP contribution in [0.4, 0.5) is 20.3 Å². The summed E-state index contributed by atoms with van der Waals surface area (Å²) in [7, 11) is 1.70. The molecule has 2 aromatic heterocycles. The van der Waals surface area contributed by atoms with Crippen LogP contribution in [-0.2, 0) is 26.3 Å². The summed E-state index contributed by atoms with van der Waals surface area (Å²) in [6, 6.07) is 4.84. The molecule has 3 fully saturated rings. The maximum absolute atomic E-state index is 14.5. The maximum Gasteiger partial charge on any atom is 0.280 e. The highest BCUT2D eigenvalue weighted by atomic mass is 19.3. The van der Waals surface area contributed by atoms with E-state index in [2.05, 4.69) is 39.3 Å². The molecule has 0 N–H and O–H groups in total. The van der Waals surface area contributed by atoms with Gasteiger partial charge in [0.15, 0.2) is 0 Å². The summed E-state index contributed by atoms with van der Waals surface area (Å²) in [5, 5.41) is 2.02. The summed E-state index contributed by atoms with van der Waals surface area (Å²) in [6.07, 6.45) is 3.53. The average molecular weight is 597 g/mol. The van der Waals surface area contributed by atoms with Crippen LogP contribution in [-0.4, -0.2) is 105 Å². The number of fused-ring (bicyclic) bond motifs is 5. The first-order valence-electron chi connectivity index (χ1n) is 15.6. The molecular formula is C32H42F2N6O3. The van der Waals surface area contributed by atoms with Crippen LogP contribution in [0.1, 0.15) is 53.3 Å². The first-order chi connectivity index (χ1) is 20.9. The SMILES string of the molecule is C=CCON1CCN(C2CN3c4cc(N5CC6(C5)OCC(COC)c5nccc(C)c56)nc(C(F)F)c4CCCC23)CC1. The molecule has 7 rings (SSSR count). The van der Waals surface area contributed by atoms with E-state index in [1.807, 2.05) is 17.3 Å². The van der Waals surface area contributed by atoms with E-state index >= 15 is 0 Å². The molecule has 3 saturated heterocycles.